The van der Waals surface area contributed by atoms with Gasteiger partial charge in [0.2, 0.25) is 0 Å². The lowest BCUT2D eigenvalue weighted by atomic mass is 10.1. The molecular formula is C10H20N2. The molecule has 0 spiro atoms. The van der Waals surface area contributed by atoms with Crippen LogP contribution < -0.4 is 10.6 Å². The maximum atomic E-state index is 3.95. The van der Waals surface area contributed by atoms with Gasteiger partial charge in [-0.05, 0) is 20.4 Å². The number of hydrogen-bond donors (Lipinski definition) is 2. The number of likely N-dealkylation sites (N-methyl/N-ethyl adjacent to an activating group) is 1. The molecule has 1 unspecified atom stereocenters. The van der Waals surface area contributed by atoms with Gasteiger partial charge in [0.15, 0.2) is 0 Å². The van der Waals surface area contributed by atoms with Crippen LogP contribution in [0.15, 0.2) is 24.4 Å². The maximum Gasteiger partial charge on any atom is 0.0458 e. The summed E-state index contributed by atoms with van der Waals surface area (Å²) in [5.41, 5.74) is 2.17. The van der Waals surface area contributed by atoms with E-state index in [1.165, 1.54) is 0 Å². The Labute approximate surface area is 75.7 Å². The Morgan fingerprint density at radius 3 is 2.33 bits per heavy atom. The lowest BCUT2D eigenvalue weighted by Crippen LogP contribution is -2.33. The Balaban J connectivity index is 3.77. The monoisotopic (exact) mass is 168 g/mol. The van der Waals surface area contributed by atoms with Gasteiger partial charge in [-0.15, -0.1) is 0 Å². The highest BCUT2D eigenvalue weighted by molar-refractivity contribution is 5.05. The molecule has 0 radical (unpaired) electrons. The second-order valence-corrected chi connectivity index (χ2v) is 3.09. The van der Waals surface area contributed by atoms with Crippen molar-refractivity contribution in [3.05, 3.63) is 24.4 Å². The molecule has 2 nitrogen and oxygen atoms in total. The van der Waals surface area contributed by atoms with E-state index in [9.17, 15) is 0 Å². The predicted octanol–water partition coefficient (Wildman–Crippen LogP) is 1.66. The van der Waals surface area contributed by atoms with E-state index in [1.807, 2.05) is 14.0 Å². The lowest BCUT2D eigenvalue weighted by molar-refractivity contribution is 0.579. The zero-order valence-corrected chi connectivity index (χ0v) is 8.41. The molecule has 0 aromatic heterocycles. The number of hydrogen-bond acceptors (Lipinski definition) is 2. The van der Waals surface area contributed by atoms with Crippen LogP contribution in [-0.2, 0) is 0 Å². The van der Waals surface area contributed by atoms with Gasteiger partial charge < -0.3 is 10.6 Å². The van der Waals surface area contributed by atoms with Crippen molar-refractivity contribution in [1.82, 2.24) is 10.6 Å². The second-order valence-electron chi connectivity index (χ2n) is 3.09. The average Bonchev–Trinajstić information content (AvgIpc) is 2.03. The van der Waals surface area contributed by atoms with Crippen LogP contribution >= 0.6 is 0 Å². The van der Waals surface area contributed by atoms with Crippen molar-refractivity contribution < 1.29 is 0 Å². The largest absolute Gasteiger partial charge is 0.384 e. The highest BCUT2D eigenvalue weighted by Crippen LogP contribution is 1.99. The van der Waals surface area contributed by atoms with Gasteiger partial charge in [0.25, 0.3) is 0 Å². The molecule has 0 saturated carbocycles. The standard InChI is InChI=1S/C10H20N2/c1-6-10(11-5)9(4)12-7-8(2)3/h10-12H,2,4,6-7H2,1,3,5H3. The van der Waals surface area contributed by atoms with Crippen molar-refractivity contribution in [2.45, 2.75) is 26.3 Å². The highest BCUT2D eigenvalue weighted by atomic mass is 15.0. The SMILES string of the molecule is C=C(C)CNC(=C)C(CC)NC. The molecule has 0 heterocycles. The Hall–Kier alpha value is -0.760. The van der Waals surface area contributed by atoms with Gasteiger partial charge in [-0.2, -0.15) is 0 Å². The first-order valence-electron chi connectivity index (χ1n) is 4.36. The molecule has 1 atom stereocenters. The minimum atomic E-state index is 0.365. The molecule has 0 bridgehead atoms. The number of nitrogens with one attached hydrogen (secondary N) is 2. The molecule has 2 heteroatoms. The molecule has 2 N–H and O–H groups in total. The van der Waals surface area contributed by atoms with Crippen molar-refractivity contribution in [2.24, 2.45) is 0 Å². The van der Waals surface area contributed by atoms with Gasteiger partial charge in [0.1, 0.15) is 0 Å². The van der Waals surface area contributed by atoms with Crippen LogP contribution in [0.4, 0.5) is 0 Å². The third-order valence-electron chi connectivity index (χ3n) is 1.79. The normalized spacial score (nSPS) is 12.2. The summed E-state index contributed by atoms with van der Waals surface area (Å²) in [6.07, 6.45) is 1.05. The summed E-state index contributed by atoms with van der Waals surface area (Å²) in [4.78, 5) is 0. The van der Waals surface area contributed by atoms with E-state index in [0.717, 1.165) is 24.2 Å². The third-order valence-corrected chi connectivity index (χ3v) is 1.79. The quantitative estimate of drug-likeness (QED) is 0.589. The van der Waals surface area contributed by atoms with Gasteiger partial charge in [-0.1, -0.05) is 25.7 Å². The molecule has 12 heavy (non-hydrogen) atoms. The molecular weight excluding hydrogens is 148 g/mol. The van der Waals surface area contributed by atoms with Crippen LogP contribution in [0.25, 0.3) is 0 Å². The molecule has 0 saturated heterocycles. The van der Waals surface area contributed by atoms with Crippen LogP contribution in [0, 0.1) is 0 Å². The smallest absolute Gasteiger partial charge is 0.0458 e. The molecule has 0 aromatic rings. The van der Waals surface area contributed by atoms with Gasteiger partial charge in [0.05, 0.1) is 0 Å². The van der Waals surface area contributed by atoms with Crippen molar-refractivity contribution in [3.63, 3.8) is 0 Å². The van der Waals surface area contributed by atoms with Crippen LogP contribution in [0.2, 0.25) is 0 Å². The Kier molecular flexibility index (Phi) is 5.47. The summed E-state index contributed by atoms with van der Waals surface area (Å²) in [6.45, 7) is 12.7. The first-order chi connectivity index (χ1) is 5.61. The Bertz CT molecular complexity index is 157. The molecule has 0 aliphatic carbocycles. The first kappa shape index (κ1) is 11.2. The fraction of sp³-hybridized carbons (Fsp3) is 0.600. The lowest BCUT2D eigenvalue weighted by Gasteiger charge is -2.18. The molecule has 0 amide bonds. The third kappa shape index (κ3) is 4.19. The Morgan fingerprint density at radius 1 is 1.42 bits per heavy atom. The topological polar surface area (TPSA) is 24.1 Å². The molecule has 0 fully saturated rings. The van der Waals surface area contributed by atoms with Gasteiger partial charge in [-0.3, -0.25) is 0 Å². The predicted molar refractivity (Wildman–Crippen MR) is 55.1 cm³/mol. The maximum absolute atomic E-state index is 3.95. The molecule has 0 aliphatic rings. The van der Waals surface area contributed by atoms with E-state index >= 15 is 0 Å². The van der Waals surface area contributed by atoms with Crippen molar-refractivity contribution in [1.29, 1.82) is 0 Å². The van der Waals surface area contributed by atoms with Gasteiger partial charge in [-0.25, -0.2) is 0 Å². The summed E-state index contributed by atoms with van der Waals surface area (Å²) < 4.78 is 0. The first-order valence-corrected chi connectivity index (χ1v) is 4.36. The van der Waals surface area contributed by atoms with Crippen LogP contribution in [-0.4, -0.2) is 19.6 Å². The van der Waals surface area contributed by atoms with E-state index in [0.29, 0.717) is 6.04 Å². The fourth-order valence-electron chi connectivity index (χ4n) is 1.01. The van der Waals surface area contributed by atoms with Crippen molar-refractivity contribution >= 4 is 0 Å². The summed E-state index contributed by atoms with van der Waals surface area (Å²) in [5.74, 6) is 0. The van der Waals surface area contributed by atoms with Crippen molar-refractivity contribution in [2.75, 3.05) is 13.6 Å². The minimum Gasteiger partial charge on any atom is -0.384 e. The summed E-state index contributed by atoms with van der Waals surface area (Å²) >= 11 is 0. The van der Waals surface area contributed by atoms with Gasteiger partial charge >= 0.3 is 0 Å². The van der Waals surface area contributed by atoms with E-state index < -0.39 is 0 Å². The van der Waals surface area contributed by atoms with E-state index in [-0.39, 0.29) is 0 Å². The summed E-state index contributed by atoms with van der Waals surface area (Å²) in [6, 6.07) is 0.365. The Morgan fingerprint density at radius 2 is 2.00 bits per heavy atom. The van der Waals surface area contributed by atoms with Crippen LogP contribution in [0.3, 0.4) is 0 Å². The van der Waals surface area contributed by atoms with E-state index in [4.69, 9.17) is 0 Å². The average molecular weight is 168 g/mol. The zero-order valence-electron chi connectivity index (χ0n) is 8.41. The van der Waals surface area contributed by atoms with Gasteiger partial charge in [0, 0.05) is 18.3 Å². The fourth-order valence-corrected chi connectivity index (χ4v) is 1.01. The molecule has 0 aliphatic heterocycles. The molecule has 70 valence electrons. The van der Waals surface area contributed by atoms with Crippen LogP contribution in [0.5, 0.6) is 0 Å². The second kappa shape index (κ2) is 5.84. The highest BCUT2D eigenvalue weighted by Gasteiger charge is 2.05. The van der Waals surface area contributed by atoms with Crippen molar-refractivity contribution in [3.8, 4) is 0 Å². The number of rotatable bonds is 6. The van der Waals surface area contributed by atoms with Crippen LogP contribution in [0.1, 0.15) is 20.3 Å². The van der Waals surface area contributed by atoms with E-state index in [1.54, 1.807) is 0 Å². The summed E-state index contributed by atoms with van der Waals surface area (Å²) in [7, 11) is 1.95. The van der Waals surface area contributed by atoms with E-state index in [2.05, 4.69) is 30.7 Å². The summed E-state index contributed by atoms with van der Waals surface area (Å²) in [5, 5.41) is 6.41. The molecule has 0 aromatic carbocycles. The zero-order chi connectivity index (χ0) is 9.56. The molecule has 0 rings (SSSR count). The minimum absolute atomic E-state index is 0.365.